The van der Waals surface area contributed by atoms with Crippen molar-refractivity contribution in [2.75, 3.05) is 18.4 Å². The fourth-order valence-corrected chi connectivity index (χ4v) is 5.39. The van der Waals surface area contributed by atoms with Crippen LogP contribution in [0.15, 0.2) is 65.7 Å². The maximum atomic E-state index is 13.4. The lowest BCUT2D eigenvalue weighted by Crippen LogP contribution is -2.41. The van der Waals surface area contributed by atoms with Gasteiger partial charge >= 0.3 is 0 Å². The minimum absolute atomic E-state index is 0.229. The molecule has 1 aromatic heterocycles. The number of halogens is 2. The lowest BCUT2D eigenvalue weighted by Gasteiger charge is -2.30. The number of sulfonamides is 1. The topological polar surface area (TPSA) is 84.3 Å². The summed E-state index contributed by atoms with van der Waals surface area (Å²) < 4.78 is 41.8. The Labute approximate surface area is 190 Å². The van der Waals surface area contributed by atoms with Crippen molar-refractivity contribution in [3.05, 3.63) is 77.2 Å². The molecule has 2 aromatic carbocycles. The van der Waals surface area contributed by atoms with Gasteiger partial charge in [0.1, 0.15) is 10.8 Å². The van der Waals surface area contributed by atoms with Gasteiger partial charge in [-0.05, 0) is 42.7 Å². The molecule has 168 valence electrons. The third-order valence-electron chi connectivity index (χ3n) is 5.40. The summed E-state index contributed by atoms with van der Waals surface area (Å²) in [5, 5.41) is 7.30. The number of nitrogens with one attached hydrogen (secondary N) is 1. The smallest absolute Gasteiger partial charge is 0.243 e. The Balaban J connectivity index is 1.36. The molecule has 0 unspecified atom stereocenters. The van der Waals surface area contributed by atoms with Gasteiger partial charge in [-0.2, -0.15) is 9.40 Å². The van der Waals surface area contributed by atoms with Crippen molar-refractivity contribution >= 4 is 33.3 Å². The fraction of sp³-hybridized carbons (Fsp3) is 0.273. The van der Waals surface area contributed by atoms with Gasteiger partial charge in [-0.3, -0.25) is 9.48 Å². The van der Waals surface area contributed by atoms with Crippen LogP contribution < -0.4 is 5.32 Å². The minimum atomic E-state index is -3.57. The Kier molecular flexibility index (Phi) is 6.59. The normalized spacial score (nSPS) is 15.6. The van der Waals surface area contributed by atoms with E-state index in [0.29, 0.717) is 24.9 Å². The number of hydrogen-bond acceptors (Lipinski definition) is 4. The van der Waals surface area contributed by atoms with Crippen LogP contribution in [0.4, 0.5) is 10.2 Å². The number of piperidine rings is 1. The van der Waals surface area contributed by atoms with E-state index in [1.54, 1.807) is 48.7 Å². The van der Waals surface area contributed by atoms with Crippen molar-refractivity contribution in [1.82, 2.24) is 14.1 Å². The number of carbonyl (C=O) groups excluding carboxylic acids is 1. The maximum Gasteiger partial charge on any atom is 0.243 e. The number of nitrogens with zero attached hydrogens (tertiary/aromatic N) is 3. The fourth-order valence-electron chi connectivity index (χ4n) is 3.70. The zero-order valence-corrected chi connectivity index (χ0v) is 18.7. The van der Waals surface area contributed by atoms with Crippen molar-refractivity contribution in [3.8, 4) is 0 Å². The number of aromatic nitrogens is 2. The van der Waals surface area contributed by atoms with Crippen LogP contribution in [0.2, 0.25) is 5.02 Å². The van der Waals surface area contributed by atoms with Crippen molar-refractivity contribution < 1.29 is 17.6 Å². The Morgan fingerprint density at radius 1 is 1.12 bits per heavy atom. The van der Waals surface area contributed by atoms with Crippen LogP contribution in [0.1, 0.15) is 18.4 Å². The van der Waals surface area contributed by atoms with Crippen LogP contribution in [0, 0.1) is 11.7 Å². The zero-order chi connectivity index (χ0) is 22.7. The SMILES string of the molecule is O=C(Nc1nn(Cc2cccc(F)c2)cc1Cl)C1CCN(S(=O)(=O)c2ccccc2)CC1. The van der Waals surface area contributed by atoms with Crippen molar-refractivity contribution in [1.29, 1.82) is 0 Å². The van der Waals surface area contributed by atoms with Gasteiger partial charge in [-0.15, -0.1) is 0 Å². The third-order valence-corrected chi connectivity index (χ3v) is 7.59. The van der Waals surface area contributed by atoms with Gasteiger partial charge in [0, 0.05) is 25.2 Å². The molecule has 0 radical (unpaired) electrons. The number of amides is 1. The van der Waals surface area contributed by atoms with Crippen LogP contribution in [-0.2, 0) is 21.4 Å². The molecule has 0 saturated carbocycles. The van der Waals surface area contributed by atoms with E-state index in [-0.39, 0.29) is 46.5 Å². The minimum Gasteiger partial charge on any atom is -0.308 e. The molecule has 2 heterocycles. The molecule has 7 nitrogen and oxygen atoms in total. The molecule has 1 aliphatic rings. The van der Waals surface area contributed by atoms with E-state index in [4.69, 9.17) is 11.6 Å². The maximum absolute atomic E-state index is 13.4. The lowest BCUT2D eigenvalue weighted by atomic mass is 9.97. The molecule has 0 aliphatic carbocycles. The quantitative estimate of drug-likeness (QED) is 0.587. The number of carbonyl (C=O) groups is 1. The van der Waals surface area contributed by atoms with E-state index in [1.165, 1.54) is 21.1 Å². The highest BCUT2D eigenvalue weighted by Gasteiger charge is 2.32. The first-order valence-corrected chi connectivity index (χ1v) is 12.0. The van der Waals surface area contributed by atoms with Crippen LogP contribution in [0.3, 0.4) is 0 Å². The molecule has 1 fully saturated rings. The second kappa shape index (κ2) is 9.40. The molecule has 3 aromatic rings. The zero-order valence-electron chi connectivity index (χ0n) is 17.1. The summed E-state index contributed by atoms with van der Waals surface area (Å²) in [4.78, 5) is 13.0. The molecular formula is C22H22ClFN4O3S. The third kappa shape index (κ3) is 5.01. The van der Waals surface area contributed by atoms with Crippen LogP contribution in [-0.4, -0.2) is 41.5 Å². The van der Waals surface area contributed by atoms with Crippen LogP contribution in [0.25, 0.3) is 0 Å². The van der Waals surface area contributed by atoms with E-state index in [0.717, 1.165) is 0 Å². The second-order valence-corrected chi connectivity index (χ2v) is 9.98. The first-order chi connectivity index (χ1) is 15.3. The molecule has 0 bridgehead atoms. The first kappa shape index (κ1) is 22.4. The van der Waals surface area contributed by atoms with Crippen LogP contribution >= 0.6 is 11.6 Å². The van der Waals surface area contributed by atoms with Crippen molar-refractivity contribution in [2.45, 2.75) is 24.3 Å². The molecular weight excluding hydrogens is 455 g/mol. The highest BCUT2D eigenvalue weighted by atomic mass is 35.5. The standard InChI is InChI=1S/C22H22ClFN4O3S/c23-20-15-27(14-16-5-4-6-18(24)13-16)26-21(20)25-22(29)17-9-11-28(12-10-17)32(30,31)19-7-2-1-3-8-19/h1-8,13,15,17H,9-12,14H2,(H,25,26,29). The molecule has 4 rings (SSSR count). The van der Waals surface area contributed by atoms with Gasteiger partial charge in [0.25, 0.3) is 0 Å². The molecule has 1 aliphatic heterocycles. The summed E-state index contributed by atoms with van der Waals surface area (Å²) in [6.07, 6.45) is 2.37. The number of hydrogen-bond donors (Lipinski definition) is 1. The van der Waals surface area contributed by atoms with E-state index < -0.39 is 10.0 Å². The molecule has 1 amide bonds. The van der Waals surface area contributed by atoms with Crippen molar-refractivity contribution in [3.63, 3.8) is 0 Å². The first-order valence-electron chi connectivity index (χ1n) is 10.2. The number of rotatable bonds is 6. The van der Waals surface area contributed by atoms with Crippen LogP contribution in [0.5, 0.6) is 0 Å². The summed E-state index contributed by atoms with van der Waals surface area (Å²) in [5.74, 6) is -0.705. The predicted molar refractivity (Wildman–Crippen MR) is 119 cm³/mol. The monoisotopic (exact) mass is 476 g/mol. The van der Waals surface area contributed by atoms with E-state index in [2.05, 4.69) is 10.4 Å². The van der Waals surface area contributed by atoms with E-state index in [1.807, 2.05) is 0 Å². The highest BCUT2D eigenvalue weighted by molar-refractivity contribution is 7.89. The van der Waals surface area contributed by atoms with Gasteiger partial charge in [-0.25, -0.2) is 12.8 Å². The Hall–Kier alpha value is -2.75. The predicted octanol–water partition coefficient (Wildman–Crippen LogP) is 3.76. The largest absolute Gasteiger partial charge is 0.308 e. The number of benzene rings is 2. The number of anilines is 1. The highest BCUT2D eigenvalue weighted by Crippen LogP contribution is 2.26. The van der Waals surface area contributed by atoms with Gasteiger partial charge in [0.2, 0.25) is 15.9 Å². The molecule has 10 heteroatoms. The molecule has 0 atom stereocenters. The average molecular weight is 477 g/mol. The van der Waals surface area contributed by atoms with Gasteiger partial charge < -0.3 is 5.32 Å². The van der Waals surface area contributed by atoms with Gasteiger partial charge in [-0.1, -0.05) is 41.9 Å². The summed E-state index contributed by atoms with van der Waals surface area (Å²) in [7, 11) is -3.57. The molecule has 32 heavy (non-hydrogen) atoms. The second-order valence-electron chi connectivity index (χ2n) is 7.63. The molecule has 1 N–H and O–H groups in total. The lowest BCUT2D eigenvalue weighted by molar-refractivity contribution is -0.120. The summed E-state index contributed by atoms with van der Waals surface area (Å²) in [5.41, 5.74) is 0.717. The summed E-state index contributed by atoms with van der Waals surface area (Å²) in [6.45, 7) is 0.831. The average Bonchev–Trinajstić information content (AvgIpc) is 3.12. The molecule has 0 spiro atoms. The Morgan fingerprint density at radius 2 is 1.84 bits per heavy atom. The van der Waals surface area contributed by atoms with Gasteiger partial charge in [0.15, 0.2) is 5.82 Å². The summed E-state index contributed by atoms with van der Waals surface area (Å²) in [6, 6.07) is 14.4. The molecule has 1 saturated heterocycles. The van der Waals surface area contributed by atoms with E-state index in [9.17, 15) is 17.6 Å². The summed E-state index contributed by atoms with van der Waals surface area (Å²) >= 11 is 6.22. The van der Waals surface area contributed by atoms with Crippen molar-refractivity contribution in [2.24, 2.45) is 5.92 Å². The van der Waals surface area contributed by atoms with E-state index >= 15 is 0 Å². The van der Waals surface area contributed by atoms with Gasteiger partial charge in [0.05, 0.1) is 11.4 Å². The Morgan fingerprint density at radius 3 is 2.53 bits per heavy atom. The Bertz CT molecular complexity index is 1210.